The standard InChI is InChI=1S/C29H36N4O4/c1-21-8-10-23(11-9-21)26(34)33-25(28(36)32-18-16-30(3)17-19-32)20-37-29(33)12-14-31(15-13-29)27(35)24-7-5-4-6-22(24)2/h4-11,25H,12-20H2,1-3H3/t25-/m1/s1. The Hall–Kier alpha value is -3.23. The van der Waals surface area contributed by atoms with Gasteiger partial charge in [0, 0.05) is 63.2 Å². The highest BCUT2D eigenvalue weighted by atomic mass is 16.5. The van der Waals surface area contributed by atoms with E-state index < -0.39 is 11.8 Å². The largest absolute Gasteiger partial charge is 0.353 e. The number of hydrogen-bond acceptors (Lipinski definition) is 5. The Bertz CT molecular complexity index is 1160. The predicted molar refractivity (Wildman–Crippen MR) is 140 cm³/mol. The molecule has 1 spiro atoms. The van der Waals surface area contributed by atoms with E-state index in [4.69, 9.17) is 4.74 Å². The number of nitrogens with zero attached hydrogens (tertiary/aromatic N) is 4. The van der Waals surface area contributed by atoms with E-state index in [9.17, 15) is 14.4 Å². The lowest BCUT2D eigenvalue weighted by Crippen LogP contribution is -2.61. The lowest BCUT2D eigenvalue weighted by Gasteiger charge is -2.45. The normalized spacial score (nSPS) is 21.9. The van der Waals surface area contributed by atoms with Gasteiger partial charge in [-0.2, -0.15) is 0 Å². The van der Waals surface area contributed by atoms with Crippen LogP contribution in [0, 0.1) is 13.8 Å². The molecule has 2 aromatic rings. The fourth-order valence-electron chi connectivity index (χ4n) is 5.67. The van der Waals surface area contributed by atoms with E-state index in [1.54, 1.807) is 4.90 Å². The molecule has 196 valence electrons. The fraction of sp³-hybridized carbons (Fsp3) is 0.483. The monoisotopic (exact) mass is 504 g/mol. The molecule has 3 heterocycles. The number of amides is 3. The summed E-state index contributed by atoms with van der Waals surface area (Å²) in [6.45, 7) is 7.92. The molecule has 3 fully saturated rings. The number of aryl methyl sites for hydroxylation is 2. The van der Waals surface area contributed by atoms with Gasteiger partial charge in [0.25, 0.3) is 11.8 Å². The van der Waals surface area contributed by atoms with Crippen molar-refractivity contribution < 1.29 is 19.1 Å². The zero-order valence-electron chi connectivity index (χ0n) is 22.0. The molecule has 0 unspecified atom stereocenters. The van der Waals surface area contributed by atoms with Gasteiger partial charge in [0.05, 0.1) is 6.61 Å². The van der Waals surface area contributed by atoms with Crippen LogP contribution in [-0.2, 0) is 9.53 Å². The molecule has 8 nitrogen and oxygen atoms in total. The SMILES string of the molecule is Cc1ccc(C(=O)N2[C@@H](C(=O)N3CCN(C)CC3)COC23CCN(C(=O)c2ccccc2C)CC3)cc1. The molecule has 3 amide bonds. The van der Waals surface area contributed by atoms with Gasteiger partial charge in [0.15, 0.2) is 0 Å². The van der Waals surface area contributed by atoms with Crippen LogP contribution in [0.1, 0.15) is 44.7 Å². The smallest absolute Gasteiger partial charge is 0.256 e. The number of rotatable bonds is 3. The molecule has 37 heavy (non-hydrogen) atoms. The Kier molecular flexibility index (Phi) is 7.05. The van der Waals surface area contributed by atoms with Gasteiger partial charge in [-0.1, -0.05) is 35.9 Å². The zero-order valence-corrected chi connectivity index (χ0v) is 22.0. The average Bonchev–Trinajstić information content (AvgIpc) is 3.27. The number of carbonyl (C=O) groups excluding carboxylic acids is 3. The Morgan fingerprint density at radius 3 is 2.11 bits per heavy atom. The van der Waals surface area contributed by atoms with E-state index in [2.05, 4.69) is 11.9 Å². The summed E-state index contributed by atoms with van der Waals surface area (Å²) in [5.74, 6) is -0.250. The van der Waals surface area contributed by atoms with Gasteiger partial charge in [-0.3, -0.25) is 19.3 Å². The molecular formula is C29H36N4O4. The van der Waals surface area contributed by atoms with Gasteiger partial charge in [-0.15, -0.1) is 0 Å². The number of likely N-dealkylation sites (N-methyl/N-ethyl adjacent to an activating group) is 1. The Balaban J connectivity index is 1.39. The van der Waals surface area contributed by atoms with Crippen LogP contribution >= 0.6 is 0 Å². The van der Waals surface area contributed by atoms with Crippen molar-refractivity contribution in [2.45, 2.75) is 38.5 Å². The quantitative estimate of drug-likeness (QED) is 0.643. The van der Waals surface area contributed by atoms with Gasteiger partial charge in [0.2, 0.25) is 5.91 Å². The summed E-state index contributed by atoms with van der Waals surface area (Å²) >= 11 is 0. The summed E-state index contributed by atoms with van der Waals surface area (Å²) in [6.07, 6.45) is 0.934. The second kappa shape index (κ2) is 10.3. The van der Waals surface area contributed by atoms with Crippen LogP contribution in [0.25, 0.3) is 0 Å². The third-order valence-corrected chi connectivity index (χ3v) is 8.09. The lowest BCUT2D eigenvalue weighted by molar-refractivity contribution is -0.139. The van der Waals surface area contributed by atoms with E-state index in [0.29, 0.717) is 50.1 Å². The predicted octanol–water partition coefficient (Wildman–Crippen LogP) is 2.55. The second-order valence-electron chi connectivity index (χ2n) is 10.5. The summed E-state index contributed by atoms with van der Waals surface area (Å²) in [5, 5.41) is 0. The van der Waals surface area contributed by atoms with Crippen LogP contribution in [0.5, 0.6) is 0 Å². The summed E-state index contributed by atoms with van der Waals surface area (Å²) in [7, 11) is 2.05. The second-order valence-corrected chi connectivity index (χ2v) is 10.5. The maximum Gasteiger partial charge on any atom is 0.256 e. The topological polar surface area (TPSA) is 73.4 Å². The molecule has 0 N–H and O–H groups in total. The zero-order chi connectivity index (χ0) is 26.2. The minimum atomic E-state index is -0.905. The molecule has 8 heteroatoms. The van der Waals surface area contributed by atoms with E-state index in [-0.39, 0.29) is 24.3 Å². The summed E-state index contributed by atoms with van der Waals surface area (Å²) < 4.78 is 6.37. The molecule has 1 atom stereocenters. The first-order valence-electron chi connectivity index (χ1n) is 13.2. The van der Waals surface area contributed by atoms with E-state index >= 15 is 0 Å². The van der Waals surface area contributed by atoms with Crippen LogP contribution in [0.4, 0.5) is 0 Å². The maximum atomic E-state index is 13.9. The van der Waals surface area contributed by atoms with Crippen molar-refractivity contribution >= 4 is 17.7 Å². The minimum absolute atomic E-state index is 0.00702. The first kappa shape index (κ1) is 25.4. The third kappa shape index (κ3) is 4.88. The van der Waals surface area contributed by atoms with Crippen LogP contribution in [0.15, 0.2) is 48.5 Å². The summed E-state index contributed by atoms with van der Waals surface area (Å²) in [5.41, 5.74) is 2.35. The molecular weight excluding hydrogens is 468 g/mol. The van der Waals surface area contributed by atoms with Crippen LogP contribution < -0.4 is 0 Å². The first-order chi connectivity index (χ1) is 17.8. The Morgan fingerprint density at radius 2 is 1.46 bits per heavy atom. The molecule has 3 aliphatic heterocycles. The molecule has 3 saturated heterocycles. The molecule has 0 bridgehead atoms. The highest BCUT2D eigenvalue weighted by Crippen LogP contribution is 2.39. The van der Waals surface area contributed by atoms with Gasteiger partial charge < -0.3 is 19.4 Å². The minimum Gasteiger partial charge on any atom is -0.353 e. The Morgan fingerprint density at radius 1 is 0.811 bits per heavy atom. The molecule has 3 aliphatic rings. The number of carbonyl (C=O) groups is 3. The summed E-state index contributed by atoms with van der Waals surface area (Å²) in [6, 6.07) is 14.4. The van der Waals surface area contributed by atoms with Gasteiger partial charge in [-0.05, 0) is 44.7 Å². The maximum absolute atomic E-state index is 13.9. The average molecular weight is 505 g/mol. The van der Waals surface area contributed by atoms with Crippen molar-refractivity contribution in [3.63, 3.8) is 0 Å². The van der Waals surface area contributed by atoms with E-state index in [1.165, 1.54) is 0 Å². The van der Waals surface area contributed by atoms with Gasteiger partial charge in [0.1, 0.15) is 11.8 Å². The van der Waals surface area contributed by atoms with E-state index in [1.807, 2.05) is 72.2 Å². The molecule has 0 saturated carbocycles. The third-order valence-electron chi connectivity index (χ3n) is 8.09. The van der Waals surface area contributed by atoms with Crippen molar-refractivity contribution in [2.24, 2.45) is 0 Å². The van der Waals surface area contributed by atoms with Crippen molar-refractivity contribution in [2.75, 3.05) is 52.9 Å². The molecule has 5 rings (SSSR count). The fourth-order valence-corrected chi connectivity index (χ4v) is 5.67. The highest BCUT2D eigenvalue weighted by molar-refractivity contribution is 5.99. The molecule has 0 radical (unpaired) electrons. The van der Waals surface area contributed by atoms with Crippen molar-refractivity contribution in [3.05, 3.63) is 70.8 Å². The van der Waals surface area contributed by atoms with Crippen molar-refractivity contribution in [1.82, 2.24) is 19.6 Å². The van der Waals surface area contributed by atoms with Crippen molar-refractivity contribution in [3.8, 4) is 0 Å². The number of hydrogen-bond donors (Lipinski definition) is 0. The first-order valence-corrected chi connectivity index (χ1v) is 13.2. The number of likely N-dealkylation sites (tertiary alicyclic amines) is 1. The number of piperidine rings is 1. The molecule has 0 aliphatic carbocycles. The highest BCUT2D eigenvalue weighted by Gasteiger charge is 2.55. The van der Waals surface area contributed by atoms with Crippen LogP contribution in [0.3, 0.4) is 0 Å². The molecule has 0 aromatic heterocycles. The lowest BCUT2D eigenvalue weighted by atomic mass is 9.95. The van der Waals surface area contributed by atoms with Crippen LogP contribution in [-0.4, -0.2) is 102 Å². The molecule has 2 aromatic carbocycles. The van der Waals surface area contributed by atoms with Crippen molar-refractivity contribution in [1.29, 1.82) is 0 Å². The van der Waals surface area contributed by atoms with E-state index in [0.717, 1.165) is 24.2 Å². The number of ether oxygens (including phenoxy) is 1. The van der Waals surface area contributed by atoms with Gasteiger partial charge in [-0.25, -0.2) is 0 Å². The van der Waals surface area contributed by atoms with Gasteiger partial charge >= 0.3 is 0 Å². The summed E-state index contributed by atoms with van der Waals surface area (Å²) in [4.78, 5) is 48.5. The Labute approximate surface area is 218 Å². The number of benzene rings is 2. The number of piperazine rings is 1. The van der Waals surface area contributed by atoms with Crippen LogP contribution in [0.2, 0.25) is 0 Å².